The van der Waals surface area contributed by atoms with E-state index in [1.54, 1.807) is 12.4 Å². The molecule has 1 saturated heterocycles. The number of aromatic nitrogens is 2. The van der Waals surface area contributed by atoms with Gasteiger partial charge in [0.15, 0.2) is 0 Å². The highest BCUT2D eigenvalue weighted by molar-refractivity contribution is 5.89. The maximum absolute atomic E-state index is 9.00. The maximum atomic E-state index is 9.00. The van der Waals surface area contributed by atoms with E-state index in [0.717, 1.165) is 36.4 Å². The van der Waals surface area contributed by atoms with Crippen molar-refractivity contribution in [3.05, 3.63) is 30.1 Å². The molecule has 0 amide bonds. The van der Waals surface area contributed by atoms with E-state index in [-0.39, 0.29) is 5.60 Å². The largest absolute Gasteiger partial charge is 0.373 e. The summed E-state index contributed by atoms with van der Waals surface area (Å²) in [6.07, 6.45) is 7.88. The van der Waals surface area contributed by atoms with E-state index in [2.05, 4.69) is 40.5 Å². The van der Waals surface area contributed by atoms with Crippen molar-refractivity contribution in [3.63, 3.8) is 0 Å². The minimum atomic E-state index is 0.0677. The zero-order chi connectivity index (χ0) is 19.1. The Hall–Kier alpha value is -2.23. The molecular weight excluding hydrogens is 338 g/mol. The van der Waals surface area contributed by atoms with Crippen molar-refractivity contribution in [2.24, 2.45) is 0 Å². The van der Waals surface area contributed by atoms with Gasteiger partial charge in [0.05, 0.1) is 29.4 Å². The van der Waals surface area contributed by atoms with Gasteiger partial charge in [0.25, 0.3) is 0 Å². The van der Waals surface area contributed by atoms with Crippen LogP contribution in [-0.4, -0.2) is 41.3 Å². The number of nitriles is 1. The highest BCUT2D eigenvalue weighted by atomic mass is 16.5. The number of hydrogen-bond donors (Lipinski definition) is 2. The first-order valence-electron chi connectivity index (χ1n) is 9.83. The lowest BCUT2D eigenvalue weighted by Crippen LogP contribution is -2.45. The van der Waals surface area contributed by atoms with Gasteiger partial charge in [0.2, 0.25) is 0 Å². The molecule has 144 valence electrons. The van der Waals surface area contributed by atoms with Crippen molar-refractivity contribution >= 4 is 16.7 Å². The number of anilines is 1. The number of nitrogens with one attached hydrogen (secondary N) is 2. The predicted molar refractivity (Wildman–Crippen MR) is 108 cm³/mol. The van der Waals surface area contributed by atoms with Crippen molar-refractivity contribution in [2.75, 3.05) is 25.0 Å². The van der Waals surface area contributed by atoms with E-state index >= 15 is 0 Å². The lowest BCUT2D eigenvalue weighted by atomic mass is 9.95. The van der Waals surface area contributed by atoms with E-state index in [1.165, 1.54) is 32.1 Å². The molecule has 1 saturated carbocycles. The van der Waals surface area contributed by atoms with E-state index in [0.29, 0.717) is 11.6 Å². The number of morpholine rings is 1. The molecule has 1 aromatic heterocycles. The van der Waals surface area contributed by atoms with Crippen LogP contribution in [0.2, 0.25) is 0 Å². The average molecular weight is 367 g/mol. The fourth-order valence-corrected chi connectivity index (χ4v) is 3.52. The molecular formula is C21H29N5O. The molecule has 6 nitrogen and oxygen atoms in total. The van der Waals surface area contributed by atoms with Gasteiger partial charge in [-0.2, -0.15) is 5.26 Å². The molecule has 2 N–H and O–H groups in total. The molecule has 1 aliphatic carbocycles. The Morgan fingerprint density at radius 3 is 2.67 bits per heavy atom. The van der Waals surface area contributed by atoms with Crippen molar-refractivity contribution in [2.45, 2.75) is 57.6 Å². The third kappa shape index (κ3) is 5.62. The third-order valence-electron chi connectivity index (χ3n) is 5.03. The van der Waals surface area contributed by atoms with Crippen LogP contribution in [0, 0.1) is 11.3 Å². The minimum Gasteiger partial charge on any atom is -0.373 e. The van der Waals surface area contributed by atoms with Crippen LogP contribution < -0.4 is 10.6 Å². The van der Waals surface area contributed by atoms with E-state index < -0.39 is 0 Å². The van der Waals surface area contributed by atoms with Crippen molar-refractivity contribution in [1.82, 2.24) is 15.3 Å². The highest BCUT2D eigenvalue weighted by Gasteiger charge is 2.20. The van der Waals surface area contributed by atoms with Gasteiger partial charge < -0.3 is 15.4 Å². The van der Waals surface area contributed by atoms with Gasteiger partial charge in [-0.3, -0.25) is 0 Å². The van der Waals surface area contributed by atoms with Gasteiger partial charge in [-0.25, -0.2) is 9.97 Å². The van der Waals surface area contributed by atoms with Gasteiger partial charge in [-0.05, 0) is 44.9 Å². The van der Waals surface area contributed by atoms with Crippen LogP contribution in [0.1, 0.15) is 51.5 Å². The van der Waals surface area contributed by atoms with E-state index in [4.69, 9.17) is 10.00 Å². The molecule has 27 heavy (non-hydrogen) atoms. The second kappa shape index (κ2) is 9.12. The summed E-state index contributed by atoms with van der Waals surface area (Å²) in [6, 6.07) is 8.19. The molecule has 0 unspecified atom stereocenters. The summed E-state index contributed by atoms with van der Waals surface area (Å²) in [5.74, 6) is 0.856. The van der Waals surface area contributed by atoms with Gasteiger partial charge in [-0.15, -0.1) is 0 Å². The van der Waals surface area contributed by atoms with E-state index in [9.17, 15) is 0 Å². The lowest BCUT2D eigenvalue weighted by molar-refractivity contribution is -0.0384. The van der Waals surface area contributed by atoms with Crippen LogP contribution in [0.25, 0.3) is 10.9 Å². The van der Waals surface area contributed by atoms with Crippen molar-refractivity contribution in [3.8, 4) is 6.07 Å². The summed E-state index contributed by atoms with van der Waals surface area (Å²) in [5, 5.41) is 16.7. The molecule has 0 radical (unpaired) electrons. The number of benzene rings is 1. The summed E-state index contributed by atoms with van der Waals surface area (Å²) < 4.78 is 5.40. The lowest BCUT2D eigenvalue weighted by Gasteiger charge is -2.30. The first kappa shape index (κ1) is 19.5. The maximum Gasteiger partial charge on any atom is 0.137 e. The Morgan fingerprint density at radius 1 is 1.22 bits per heavy atom. The van der Waals surface area contributed by atoms with Crippen LogP contribution in [0.15, 0.2) is 24.5 Å². The standard InChI is InChI=1S/C15H16N4.C6H13NO/c16-9-11-6-7-14-13(8-11)15(18-10-17-14)19-12-4-2-1-3-5-12;1-6(2)5-7-3-4-8-6/h6-8,10,12H,1-5H2,(H,17,18,19);7H,3-5H2,1-2H3. The van der Waals surface area contributed by atoms with Crippen LogP contribution in [0.4, 0.5) is 5.82 Å². The third-order valence-corrected chi connectivity index (χ3v) is 5.03. The zero-order valence-corrected chi connectivity index (χ0v) is 16.3. The Bertz CT molecular complexity index is 785. The monoisotopic (exact) mass is 367 g/mol. The molecule has 2 fully saturated rings. The molecule has 1 aliphatic heterocycles. The van der Waals surface area contributed by atoms with Crippen LogP contribution in [-0.2, 0) is 4.74 Å². The van der Waals surface area contributed by atoms with Gasteiger partial charge >= 0.3 is 0 Å². The fraction of sp³-hybridized carbons (Fsp3) is 0.571. The topological polar surface area (TPSA) is 82.9 Å². The molecule has 0 bridgehead atoms. The SMILES string of the molecule is CC1(C)CNCCO1.N#Cc1ccc2ncnc(NC3CCCCC3)c2c1. The second-order valence-corrected chi connectivity index (χ2v) is 7.83. The molecule has 2 aliphatic rings. The quantitative estimate of drug-likeness (QED) is 0.843. The Kier molecular flexibility index (Phi) is 6.59. The summed E-state index contributed by atoms with van der Waals surface area (Å²) in [7, 11) is 0. The van der Waals surface area contributed by atoms with Crippen molar-refractivity contribution < 1.29 is 4.74 Å². The van der Waals surface area contributed by atoms with Gasteiger partial charge in [0.1, 0.15) is 12.1 Å². The number of hydrogen-bond acceptors (Lipinski definition) is 6. The van der Waals surface area contributed by atoms with Gasteiger partial charge in [0, 0.05) is 24.5 Å². The first-order chi connectivity index (χ1) is 13.1. The fourth-order valence-electron chi connectivity index (χ4n) is 3.52. The average Bonchev–Trinajstić information content (AvgIpc) is 2.69. The highest BCUT2D eigenvalue weighted by Crippen LogP contribution is 2.25. The smallest absolute Gasteiger partial charge is 0.137 e. The second-order valence-electron chi connectivity index (χ2n) is 7.83. The summed E-state index contributed by atoms with van der Waals surface area (Å²) in [6.45, 7) is 7.03. The summed E-state index contributed by atoms with van der Waals surface area (Å²) in [4.78, 5) is 8.59. The minimum absolute atomic E-state index is 0.0677. The number of nitrogens with zero attached hydrogens (tertiary/aromatic N) is 3. The molecule has 0 atom stereocenters. The molecule has 2 heterocycles. The van der Waals surface area contributed by atoms with Crippen LogP contribution in [0.5, 0.6) is 0 Å². The molecule has 4 rings (SSSR count). The van der Waals surface area contributed by atoms with E-state index in [1.807, 2.05) is 12.1 Å². The van der Waals surface area contributed by atoms with Crippen molar-refractivity contribution in [1.29, 1.82) is 5.26 Å². The Balaban J connectivity index is 0.000000221. The van der Waals surface area contributed by atoms with Crippen LogP contribution >= 0.6 is 0 Å². The zero-order valence-electron chi connectivity index (χ0n) is 16.3. The summed E-state index contributed by atoms with van der Waals surface area (Å²) >= 11 is 0. The summed E-state index contributed by atoms with van der Waals surface area (Å²) in [5.41, 5.74) is 1.60. The molecule has 2 aromatic rings. The number of fused-ring (bicyclic) bond motifs is 1. The normalized spacial score (nSPS) is 19.6. The van der Waals surface area contributed by atoms with Gasteiger partial charge in [-0.1, -0.05) is 19.3 Å². The first-order valence-corrected chi connectivity index (χ1v) is 9.83. The number of ether oxygens (including phenoxy) is 1. The predicted octanol–water partition coefficient (Wildman–Crippen LogP) is 3.63. The van der Waals surface area contributed by atoms with Crippen LogP contribution in [0.3, 0.4) is 0 Å². The Labute approximate surface area is 161 Å². The Morgan fingerprint density at radius 2 is 2.04 bits per heavy atom. The molecule has 0 spiro atoms. The molecule has 6 heteroatoms. The molecule has 1 aromatic carbocycles. The number of rotatable bonds is 2.